The van der Waals surface area contributed by atoms with E-state index in [4.69, 9.17) is 4.78 Å². The monoisotopic (exact) mass is 201 g/mol. The number of aryl methyl sites for hydroxylation is 2. The van der Waals surface area contributed by atoms with Gasteiger partial charge in [-0.3, -0.25) is 0 Å². The first-order valence-electron chi connectivity index (χ1n) is 3.83. The predicted molar refractivity (Wildman–Crippen MR) is 50.9 cm³/mol. The predicted octanol–water partition coefficient (Wildman–Crippen LogP) is 2.48. The summed E-state index contributed by atoms with van der Waals surface area (Å²) >= 11 is 0. The summed E-state index contributed by atoms with van der Waals surface area (Å²) in [5.41, 5.74) is 1.23. The molecule has 1 N–H and O–H groups in total. The lowest BCUT2D eigenvalue weighted by atomic mass is 10.1. The Hall–Kier alpha value is -0.900. The highest BCUT2D eigenvalue weighted by molar-refractivity contribution is 7.91. The van der Waals surface area contributed by atoms with E-state index in [0.29, 0.717) is 11.1 Å². The van der Waals surface area contributed by atoms with Crippen LogP contribution in [0.3, 0.4) is 0 Å². The highest BCUT2D eigenvalue weighted by atomic mass is 32.2. The zero-order valence-corrected chi connectivity index (χ0v) is 8.67. The van der Waals surface area contributed by atoms with Crippen LogP contribution in [0.5, 0.6) is 0 Å². The van der Waals surface area contributed by atoms with Gasteiger partial charge in [0.1, 0.15) is 5.82 Å². The van der Waals surface area contributed by atoms with Gasteiger partial charge < -0.3 is 0 Å². The van der Waals surface area contributed by atoms with Crippen molar-refractivity contribution < 1.29 is 8.60 Å². The smallest absolute Gasteiger partial charge is 0.127 e. The summed E-state index contributed by atoms with van der Waals surface area (Å²) in [6.07, 6.45) is 1.30. The molecule has 1 atom stereocenters. The minimum Gasteiger partial charge on any atom is -0.249 e. The minimum atomic E-state index is -2.81. The Labute approximate surface area is 77.8 Å². The molecule has 0 saturated heterocycles. The van der Waals surface area contributed by atoms with Crippen LogP contribution < -0.4 is 0 Å². The van der Waals surface area contributed by atoms with Crippen molar-refractivity contribution in [1.82, 2.24) is 0 Å². The van der Waals surface area contributed by atoms with Gasteiger partial charge in [0.05, 0.1) is 14.6 Å². The third-order valence-corrected chi connectivity index (χ3v) is 3.15. The van der Waals surface area contributed by atoms with Crippen LogP contribution in [0.1, 0.15) is 11.1 Å². The lowest BCUT2D eigenvalue weighted by Crippen LogP contribution is -2.00. The molecule has 0 bridgehead atoms. The van der Waals surface area contributed by atoms with Crippen LogP contribution >= 0.6 is 0 Å². The summed E-state index contributed by atoms with van der Waals surface area (Å²) in [7, 11) is -2.81. The zero-order chi connectivity index (χ0) is 10.2. The van der Waals surface area contributed by atoms with E-state index in [2.05, 4.69) is 0 Å². The Balaban J connectivity index is 3.50. The number of hydrogen-bond acceptors (Lipinski definition) is 2. The van der Waals surface area contributed by atoms with Gasteiger partial charge in [0.2, 0.25) is 0 Å². The molecule has 4 heteroatoms. The summed E-state index contributed by atoms with van der Waals surface area (Å²) < 4.78 is 31.8. The van der Waals surface area contributed by atoms with Crippen LogP contribution in [0.4, 0.5) is 4.39 Å². The first-order valence-corrected chi connectivity index (χ1v) is 5.79. The second kappa shape index (κ2) is 3.10. The van der Waals surface area contributed by atoms with Gasteiger partial charge in [-0.2, -0.15) is 0 Å². The Morgan fingerprint density at radius 1 is 1.31 bits per heavy atom. The van der Waals surface area contributed by atoms with E-state index in [1.165, 1.54) is 12.3 Å². The molecule has 0 radical (unpaired) electrons. The molecule has 2 nitrogen and oxygen atoms in total. The third kappa shape index (κ3) is 2.06. The lowest BCUT2D eigenvalue weighted by Gasteiger charge is -2.07. The van der Waals surface area contributed by atoms with Crippen LogP contribution in [-0.4, -0.2) is 10.5 Å². The Bertz CT molecular complexity index is 437. The molecule has 13 heavy (non-hydrogen) atoms. The van der Waals surface area contributed by atoms with Gasteiger partial charge in [0.25, 0.3) is 0 Å². The van der Waals surface area contributed by atoms with Crippen LogP contribution in [-0.2, 0) is 9.73 Å². The van der Waals surface area contributed by atoms with Crippen molar-refractivity contribution in [3.8, 4) is 0 Å². The first-order chi connectivity index (χ1) is 5.82. The van der Waals surface area contributed by atoms with Crippen molar-refractivity contribution in [3.05, 3.63) is 29.1 Å². The van der Waals surface area contributed by atoms with Gasteiger partial charge in [-0.1, -0.05) is 6.07 Å². The largest absolute Gasteiger partial charge is 0.249 e. The summed E-state index contributed by atoms with van der Waals surface area (Å²) in [5, 5.41) is 0. The molecule has 1 rings (SSSR count). The zero-order valence-electron chi connectivity index (χ0n) is 7.85. The fraction of sp³-hybridized carbons (Fsp3) is 0.333. The summed E-state index contributed by atoms with van der Waals surface area (Å²) in [6.45, 7) is 3.38. The second-order valence-corrected chi connectivity index (χ2v) is 5.34. The van der Waals surface area contributed by atoms with Gasteiger partial charge in [0.15, 0.2) is 0 Å². The van der Waals surface area contributed by atoms with E-state index in [9.17, 15) is 8.60 Å². The van der Waals surface area contributed by atoms with Gasteiger partial charge in [-0.25, -0.2) is 13.4 Å². The van der Waals surface area contributed by atoms with E-state index in [-0.39, 0.29) is 4.90 Å². The molecule has 72 valence electrons. The average molecular weight is 201 g/mol. The molecule has 0 spiro atoms. The van der Waals surface area contributed by atoms with Crippen LogP contribution in [0, 0.1) is 24.4 Å². The van der Waals surface area contributed by atoms with Crippen molar-refractivity contribution >= 4 is 9.73 Å². The van der Waals surface area contributed by atoms with E-state index < -0.39 is 15.5 Å². The molecule has 0 aromatic heterocycles. The molecule has 1 aromatic carbocycles. The topological polar surface area (TPSA) is 40.9 Å². The van der Waals surface area contributed by atoms with Gasteiger partial charge in [-0.05, 0) is 31.0 Å². The number of rotatable bonds is 1. The lowest BCUT2D eigenvalue weighted by molar-refractivity contribution is 0.612. The maximum atomic E-state index is 13.1. The summed E-state index contributed by atoms with van der Waals surface area (Å²) in [4.78, 5) is 0.288. The molecular formula is C9H12FNOS. The highest BCUT2D eigenvalue weighted by Crippen LogP contribution is 2.19. The van der Waals surface area contributed by atoms with Crippen molar-refractivity contribution in [2.75, 3.05) is 6.26 Å². The molecule has 0 aliphatic carbocycles. The van der Waals surface area contributed by atoms with Gasteiger partial charge in [-0.15, -0.1) is 0 Å². The SMILES string of the molecule is Cc1cc(C)c(S(C)(=N)=O)cc1F. The molecule has 0 heterocycles. The van der Waals surface area contributed by atoms with Gasteiger partial charge in [0, 0.05) is 6.26 Å². The molecule has 0 amide bonds. The maximum absolute atomic E-state index is 13.1. The Morgan fingerprint density at radius 2 is 1.85 bits per heavy atom. The van der Waals surface area contributed by atoms with Crippen molar-refractivity contribution in [3.63, 3.8) is 0 Å². The maximum Gasteiger partial charge on any atom is 0.127 e. The molecule has 1 unspecified atom stereocenters. The fourth-order valence-corrected chi connectivity index (χ4v) is 2.23. The van der Waals surface area contributed by atoms with E-state index in [1.54, 1.807) is 19.9 Å². The Morgan fingerprint density at radius 3 is 2.31 bits per heavy atom. The molecule has 0 aliphatic heterocycles. The van der Waals surface area contributed by atoms with E-state index in [1.807, 2.05) is 0 Å². The molecular weight excluding hydrogens is 189 g/mol. The number of nitrogens with one attached hydrogen (secondary N) is 1. The summed E-state index contributed by atoms with van der Waals surface area (Å²) in [6, 6.07) is 2.81. The van der Waals surface area contributed by atoms with Crippen molar-refractivity contribution in [2.45, 2.75) is 18.7 Å². The van der Waals surface area contributed by atoms with Crippen LogP contribution in [0.15, 0.2) is 17.0 Å². The van der Waals surface area contributed by atoms with Crippen molar-refractivity contribution in [1.29, 1.82) is 4.78 Å². The molecule has 0 saturated carbocycles. The first kappa shape index (κ1) is 10.2. The Kier molecular flexibility index (Phi) is 2.43. The highest BCUT2D eigenvalue weighted by Gasteiger charge is 2.10. The van der Waals surface area contributed by atoms with E-state index >= 15 is 0 Å². The minimum absolute atomic E-state index is 0.288. The second-order valence-electron chi connectivity index (χ2n) is 3.21. The standard InChI is InChI=1S/C9H12FNOS/c1-6-4-7(2)9(5-8(6)10)13(3,11)12/h4-5,11H,1-3H3. The van der Waals surface area contributed by atoms with Crippen LogP contribution in [0.25, 0.3) is 0 Å². The molecule has 1 aromatic rings. The van der Waals surface area contributed by atoms with Gasteiger partial charge >= 0.3 is 0 Å². The normalized spacial score (nSPS) is 15.4. The van der Waals surface area contributed by atoms with E-state index in [0.717, 1.165) is 0 Å². The van der Waals surface area contributed by atoms with Crippen molar-refractivity contribution in [2.24, 2.45) is 0 Å². The van der Waals surface area contributed by atoms with Crippen LogP contribution in [0.2, 0.25) is 0 Å². The molecule has 0 aliphatic rings. The fourth-order valence-electron chi connectivity index (χ4n) is 1.23. The number of benzene rings is 1. The third-order valence-electron chi connectivity index (χ3n) is 1.88. The summed E-state index contributed by atoms with van der Waals surface area (Å²) in [5.74, 6) is -0.401. The average Bonchev–Trinajstić information content (AvgIpc) is 1.94. The number of halogens is 1. The molecule has 0 fully saturated rings. The number of hydrogen-bond donors (Lipinski definition) is 1. The quantitative estimate of drug-likeness (QED) is 0.745.